The molecule has 1 spiro atoms. The van der Waals surface area contributed by atoms with E-state index in [2.05, 4.69) is 62.4 Å². The first-order valence-electron chi connectivity index (χ1n) is 24.7. The second-order valence-corrected chi connectivity index (χ2v) is 20.0. The quantitative estimate of drug-likeness (QED) is 0.154. The molecule has 6 nitrogen and oxygen atoms in total. The molecular formula is C66H38F4N4O2. The SMILES string of the molecule is CC1(C)c2ccccc2C2(c3cc(N(c4cc(F)cc(F)c4)c4cccc5c4oc4c(C#N)cccc45)ccc3-c3ccc(N(c4cc(F)cc(F)c4)c4cccc5c4oc4c(C#N)cccc45)cc32)c2ccccc21. The lowest BCUT2D eigenvalue weighted by Crippen LogP contribution is -2.40. The van der Waals surface area contributed by atoms with Crippen molar-refractivity contribution in [1.29, 1.82) is 10.5 Å². The maximum atomic E-state index is 15.7. The lowest BCUT2D eigenvalue weighted by molar-refractivity contribution is 0.563. The van der Waals surface area contributed by atoms with Gasteiger partial charge in [-0.25, -0.2) is 17.6 Å². The predicted octanol–water partition coefficient (Wildman–Crippen LogP) is 17.7. The van der Waals surface area contributed by atoms with Crippen LogP contribution in [0.1, 0.15) is 58.4 Å². The van der Waals surface area contributed by atoms with Crippen LogP contribution in [0.4, 0.5) is 51.7 Å². The van der Waals surface area contributed by atoms with Crippen molar-refractivity contribution in [2.75, 3.05) is 9.80 Å². The van der Waals surface area contributed by atoms with E-state index in [1.165, 1.54) is 24.3 Å². The fourth-order valence-corrected chi connectivity index (χ4v) is 12.5. The van der Waals surface area contributed by atoms with Crippen molar-refractivity contribution in [2.24, 2.45) is 0 Å². The summed E-state index contributed by atoms with van der Waals surface area (Å²) < 4.78 is 75.9. The lowest BCUT2D eigenvalue weighted by atomic mass is 9.55. The minimum absolute atomic E-state index is 0.197. The minimum atomic E-state index is -1.07. The number of hydrogen-bond acceptors (Lipinski definition) is 6. The summed E-state index contributed by atoms with van der Waals surface area (Å²) in [5.74, 6) is -3.09. The van der Waals surface area contributed by atoms with Gasteiger partial charge in [0.1, 0.15) is 35.4 Å². The molecule has 10 aromatic carbocycles. The third-order valence-electron chi connectivity index (χ3n) is 15.6. The molecule has 2 heterocycles. The van der Waals surface area contributed by atoms with Crippen molar-refractivity contribution >= 4 is 78.0 Å². The minimum Gasteiger partial charge on any atom is -0.452 e. The number of nitriles is 2. The van der Waals surface area contributed by atoms with Gasteiger partial charge < -0.3 is 18.6 Å². The van der Waals surface area contributed by atoms with Crippen LogP contribution in [0.2, 0.25) is 0 Å². The molecule has 0 saturated carbocycles. The molecular weight excluding hydrogens is 957 g/mol. The first kappa shape index (κ1) is 44.8. The summed E-state index contributed by atoms with van der Waals surface area (Å²) in [6, 6.07) is 62.2. The highest BCUT2D eigenvalue weighted by Gasteiger charge is 2.54. The molecule has 10 heteroatoms. The number of anilines is 6. The number of halogens is 4. The van der Waals surface area contributed by atoms with Gasteiger partial charge in [-0.2, -0.15) is 10.5 Å². The van der Waals surface area contributed by atoms with Crippen LogP contribution in [-0.2, 0) is 10.8 Å². The first-order chi connectivity index (χ1) is 37.0. The molecule has 0 amide bonds. The second kappa shape index (κ2) is 16.3. The van der Waals surface area contributed by atoms with Gasteiger partial charge in [-0.3, -0.25) is 0 Å². The van der Waals surface area contributed by atoms with Crippen molar-refractivity contribution in [3.05, 3.63) is 262 Å². The van der Waals surface area contributed by atoms with E-state index in [1.807, 2.05) is 97.1 Å². The van der Waals surface area contributed by atoms with E-state index in [0.717, 1.165) is 67.4 Å². The van der Waals surface area contributed by atoms with Crippen LogP contribution in [0.5, 0.6) is 0 Å². The average molecular weight is 995 g/mol. The topological polar surface area (TPSA) is 80.3 Å². The van der Waals surface area contributed by atoms with Gasteiger partial charge in [-0.1, -0.05) is 123 Å². The number of benzene rings is 10. The highest BCUT2D eigenvalue weighted by molar-refractivity contribution is 6.13. The van der Waals surface area contributed by atoms with Gasteiger partial charge >= 0.3 is 0 Å². The Morgan fingerprint density at radius 3 is 1.13 bits per heavy atom. The van der Waals surface area contributed by atoms with Gasteiger partial charge in [0.15, 0.2) is 22.3 Å². The predicted molar refractivity (Wildman–Crippen MR) is 289 cm³/mol. The van der Waals surface area contributed by atoms with Gasteiger partial charge in [-0.15, -0.1) is 0 Å². The molecule has 0 bridgehead atoms. The largest absolute Gasteiger partial charge is 0.452 e. The van der Waals surface area contributed by atoms with Crippen LogP contribution in [0.3, 0.4) is 0 Å². The number of furan rings is 2. The Bertz CT molecular complexity index is 4250. The van der Waals surface area contributed by atoms with E-state index in [0.29, 0.717) is 67.0 Å². The Labute approximate surface area is 432 Å². The third-order valence-corrected chi connectivity index (χ3v) is 15.6. The van der Waals surface area contributed by atoms with E-state index >= 15 is 17.6 Å². The maximum Gasteiger partial charge on any atom is 0.159 e. The van der Waals surface area contributed by atoms with Gasteiger partial charge in [0.25, 0.3) is 0 Å². The summed E-state index contributed by atoms with van der Waals surface area (Å²) in [7, 11) is 0. The van der Waals surface area contributed by atoms with E-state index in [-0.39, 0.29) is 11.4 Å². The van der Waals surface area contributed by atoms with Gasteiger partial charge in [0, 0.05) is 50.5 Å². The fraction of sp³-hybridized carbons (Fsp3) is 0.0606. The molecule has 14 rings (SSSR count). The lowest BCUT2D eigenvalue weighted by Gasteiger charge is -2.47. The molecule has 0 fully saturated rings. The Hall–Kier alpha value is -9.90. The Kier molecular flexibility index (Phi) is 9.60. The molecule has 12 aromatic rings. The monoisotopic (exact) mass is 994 g/mol. The highest BCUT2D eigenvalue weighted by atomic mass is 19.1. The van der Waals surface area contributed by atoms with Crippen molar-refractivity contribution < 1.29 is 26.4 Å². The second-order valence-electron chi connectivity index (χ2n) is 20.0. The van der Waals surface area contributed by atoms with Crippen molar-refractivity contribution in [3.8, 4) is 23.3 Å². The zero-order valence-corrected chi connectivity index (χ0v) is 40.6. The zero-order chi connectivity index (χ0) is 51.8. The number of rotatable bonds is 6. The Balaban J connectivity index is 1.07. The summed E-state index contributed by atoms with van der Waals surface area (Å²) in [5.41, 5.74) is 11.0. The van der Waals surface area contributed by atoms with Crippen molar-refractivity contribution in [3.63, 3.8) is 0 Å². The number of para-hydroxylation sites is 4. The number of fused-ring (bicyclic) bond motifs is 15. The van der Waals surface area contributed by atoms with Crippen LogP contribution in [0.25, 0.3) is 55.0 Å². The summed E-state index contributed by atoms with van der Waals surface area (Å²) in [5, 5.41) is 23.1. The molecule has 0 saturated heterocycles. The van der Waals surface area contributed by atoms with Crippen LogP contribution in [0.15, 0.2) is 203 Å². The Morgan fingerprint density at radius 1 is 0.368 bits per heavy atom. The third kappa shape index (κ3) is 6.25. The van der Waals surface area contributed by atoms with Gasteiger partial charge in [0.05, 0.1) is 39.3 Å². The highest BCUT2D eigenvalue weighted by Crippen LogP contribution is 2.64. The molecule has 0 aliphatic heterocycles. The molecule has 0 atom stereocenters. The summed E-state index contributed by atoms with van der Waals surface area (Å²) in [6.45, 7) is 4.44. The molecule has 0 N–H and O–H groups in total. The van der Waals surface area contributed by atoms with Crippen LogP contribution in [-0.4, -0.2) is 0 Å². The van der Waals surface area contributed by atoms with E-state index in [9.17, 15) is 10.5 Å². The van der Waals surface area contributed by atoms with Crippen LogP contribution in [0, 0.1) is 45.9 Å². The average Bonchev–Trinajstić information content (AvgIpc) is 4.11. The number of hydrogen-bond donors (Lipinski definition) is 0. The summed E-state index contributed by atoms with van der Waals surface area (Å²) in [6.07, 6.45) is 0. The molecule has 76 heavy (non-hydrogen) atoms. The summed E-state index contributed by atoms with van der Waals surface area (Å²) in [4.78, 5) is 3.59. The summed E-state index contributed by atoms with van der Waals surface area (Å²) >= 11 is 0. The van der Waals surface area contributed by atoms with Gasteiger partial charge in [-0.05, 0) is 117 Å². The fourth-order valence-electron chi connectivity index (χ4n) is 12.5. The molecule has 2 aromatic heterocycles. The number of nitrogens with zero attached hydrogens (tertiary/aromatic N) is 4. The Morgan fingerprint density at radius 2 is 0.737 bits per heavy atom. The molecule has 2 aliphatic carbocycles. The maximum absolute atomic E-state index is 15.7. The van der Waals surface area contributed by atoms with Crippen molar-refractivity contribution in [2.45, 2.75) is 24.7 Å². The van der Waals surface area contributed by atoms with E-state index in [1.54, 1.807) is 34.1 Å². The van der Waals surface area contributed by atoms with Crippen molar-refractivity contribution in [1.82, 2.24) is 0 Å². The first-order valence-corrected chi connectivity index (χ1v) is 24.7. The normalized spacial score (nSPS) is 13.6. The van der Waals surface area contributed by atoms with Gasteiger partial charge in [0.2, 0.25) is 0 Å². The van der Waals surface area contributed by atoms with Crippen LogP contribution < -0.4 is 9.80 Å². The molecule has 362 valence electrons. The molecule has 2 aliphatic rings. The van der Waals surface area contributed by atoms with Crippen LogP contribution >= 0.6 is 0 Å². The van der Waals surface area contributed by atoms with E-state index in [4.69, 9.17) is 8.83 Å². The van der Waals surface area contributed by atoms with E-state index < -0.39 is 34.1 Å². The molecule has 0 unspecified atom stereocenters. The zero-order valence-electron chi connectivity index (χ0n) is 40.6. The standard InChI is InChI=1S/C66H38F4N4O2/c1-65(2)53-17-3-5-19-55(53)66(56-20-6-4-18-54(56)65)57-33-43(73(45-29-39(67)27-40(68)30-45)59-21-9-15-51-49-13-7-11-37(35-71)61(49)75-63(51)59)23-25-47(57)48-26-24-44(34-58(48)66)74(46-31-41(69)28-42(70)32-46)60-22-10-16-52-50-14-8-12-38(36-72)62(50)76-64(52)60/h3-34H,1-2H3. The molecule has 0 radical (unpaired) electrons. The smallest absolute Gasteiger partial charge is 0.159 e.